The van der Waals surface area contributed by atoms with E-state index in [0.29, 0.717) is 16.3 Å². The number of hydrogen-bond donors (Lipinski definition) is 3. The predicted molar refractivity (Wildman–Crippen MR) is 81.0 cm³/mol. The van der Waals surface area contributed by atoms with Gasteiger partial charge in [0, 0.05) is 25.1 Å². The van der Waals surface area contributed by atoms with Crippen LogP contribution >= 0.6 is 11.6 Å². The molecule has 0 aliphatic heterocycles. The Morgan fingerprint density at radius 1 is 1.40 bits per heavy atom. The highest BCUT2D eigenvalue weighted by molar-refractivity contribution is 6.33. The quantitative estimate of drug-likeness (QED) is 0.752. The van der Waals surface area contributed by atoms with Crippen molar-refractivity contribution in [3.8, 4) is 0 Å². The fraction of sp³-hybridized carbons (Fsp3) is 0.429. The first kappa shape index (κ1) is 16.5. The van der Waals surface area contributed by atoms with Crippen molar-refractivity contribution in [2.24, 2.45) is 5.73 Å². The normalized spacial score (nSPS) is 11.8. The largest absolute Gasteiger partial charge is 0.355 e. The van der Waals surface area contributed by atoms with E-state index < -0.39 is 0 Å². The van der Waals surface area contributed by atoms with Crippen LogP contribution < -0.4 is 16.4 Å². The number of rotatable bonds is 6. The van der Waals surface area contributed by atoms with Crippen LogP contribution in [-0.4, -0.2) is 24.9 Å². The number of carbonyl (C=O) groups is 2. The summed E-state index contributed by atoms with van der Waals surface area (Å²) < 4.78 is 0. The number of nitrogens with one attached hydrogen (secondary N) is 2. The van der Waals surface area contributed by atoms with E-state index in [-0.39, 0.29) is 24.3 Å². The van der Waals surface area contributed by atoms with Gasteiger partial charge in [0.2, 0.25) is 5.91 Å². The van der Waals surface area contributed by atoms with Gasteiger partial charge < -0.3 is 16.4 Å². The minimum atomic E-state index is -0.236. The number of anilines is 1. The van der Waals surface area contributed by atoms with Crippen molar-refractivity contribution >= 4 is 29.1 Å². The summed E-state index contributed by atoms with van der Waals surface area (Å²) >= 11 is 6.01. The van der Waals surface area contributed by atoms with E-state index in [0.717, 1.165) is 12.8 Å². The summed E-state index contributed by atoms with van der Waals surface area (Å²) in [6.07, 6.45) is 1.95. The zero-order valence-electron chi connectivity index (χ0n) is 11.7. The van der Waals surface area contributed by atoms with Crippen LogP contribution in [0.4, 0.5) is 5.69 Å². The first-order chi connectivity index (χ1) is 9.47. The standard InChI is InChI=1S/C14H20ClN3O2/c1-3-4-10(16)8-13(19)18-12-7-9(14(20)17-2)5-6-11(12)15/h5-7,10H,3-4,8,16H2,1-2H3,(H,17,20)(H,18,19). The first-order valence-corrected chi connectivity index (χ1v) is 6.92. The van der Waals surface area contributed by atoms with Gasteiger partial charge in [-0.05, 0) is 24.6 Å². The van der Waals surface area contributed by atoms with Gasteiger partial charge in [-0.25, -0.2) is 0 Å². The van der Waals surface area contributed by atoms with Crippen molar-refractivity contribution < 1.29 is 9.59 Å². The van der Waals surface area contributed by atoms with Crippen molar-refractivity contribution in [1.82, 2.24) is 5.32 Å². The lowest BCUT2D eigenvalue weighted by atomic mass is 10.1. The van der Waals surface area contributed by atoms with Crippen molar-refractivity contribution in [1.29, 1.82) is 0 Å². The molecule has 0 radical (unpaired) electrons. The van der Waals surface area contributed by atoms with Gasteiger partial charge in [-0.2, -0.15) is 0 Å². The molecule has 1 aromatic carbocycles. The Hall–Kier alpha value is -1.59. The lowest BCUT2D eigenvalue weighted by molar-refractivity contribution is -0.116. The van der Waals surface area contributed by atoms with Crippen LogP contribution in [0.5, 0.6) is 0 Å². The maximum atomic E-state index is 11.9. The van der Waals surface area contributed by atoms with Crippen molar-refractivity contribution in [3.63, 3.8) is 0 Å². The third-order valence-electron chi connectivity index (χ3n) is 2.84. The number of benzene rings is 1. The molecule has 1 unspecified atom stereocenters. The minimum Gasteiger partial charge on any atom is -0.355 e. The van der Waals surface area contributed by atoms with Crippen LogP contribution in [0.1, 0.15) is 36.5 Å². The van der Waals surface area contributed by atoms with Crippen LogP contribution in [0.25, 0.3) is 0 Å². The molecule has 5 nitrogen and oxygen atoms in total. The summed E-state index contributed by atoms with van der Waals surface area (Å²) in [4.78, 5) is 23.4. The molecule has 20 heavy (non-hydrogen) atoms. The Balaban J connectivity index is 2.76. The molecule has 2 amide bonds. The average Bonchev–Trinajstić information content (AvgIpc) is 2.40. The van der Waals surface area contributed by atoms with Gasteiger partial charge in [0.15, 0.2) is 0 Å². The molecule has 0 spiro atoms. The summed E-state index contributed by atoms with van der Waals surface area (Å²) in [5.41, 5.74) is 6.67. The van der Waals surface area contributed by atoms with Gasteiger partial charge >= 0.3 is 0 Å². The van der Waals surface area contributed by atoms with Crippen molar-refractivity contribution in [2.45, 2.75) is 32.2 Å². The molecule has 0 aliphatic rings. The first-order valence-electron chi connectivity index (χ1n) is 6.55. The molecule has 0 aliphatic carbocycles. The molecule has 1 aromatic rings. The molecule has 0 fully saturated rings. The second kappa shape index (κ2) is 7.87. The van der Waals surface area contributed by atoms with E-state index in [4.69, 9.17) is 17.3 Å². The number of amides is 2. The van der Waals surface area contributed by atoms with Gasteiger partial charge in [0.1, 0.15) is 0 Å². The molecule has 0 aromatic heterocycles. The molecule has 0 saturated heterocycles. The van der Waals surface area contributed by atoms with Crippen LogP contribution in [0.3, 0.4) is 0 Å². The molecule has 1 atom stereocenters. The zero-order valence-corrected chi connectivity index (χ0v) is 12.5. The number of carbonyl (C=O) groups excluding carboxylic acids is 2. The summed E-state index contributed by atoms with van der Waals surface area (Å²) in [6.45, 7) is 2.02. The topological polar surface area (TPSA) is 84.2 Å². The molecule has 0 heterocycles. The van der Waals surface area contributed by atoms with Crippen molar-refractivity contribution in [2.75, 3.05) is 12.4 Å². The second-order valence-electron chi connectivity index (χ2n) is 4.57. The third kappa shape index (κ3) is 4.83. The van der Waals surface area contributed by atoms with Crippen molar-refractivity contribution in [3.05, 3.63) is 28.8 Å². The molecule has 1 rings (SSSR count). The third-order valence-corrected chi connectivity index (χ3v) is 3.17. The fourth-order valence-corrected chi connectivity index (χ4v) is 1.98. The molecule has 0 saturated carbocycles. The van der Waals surface area contributed by atoms with Crippen LogP contribution in [0.15, 0.2) is 18.2 Å². The Kier molecular flexibility index (Phi) is 6.48. The smallest absolute Gasteiger partial charge is 0.251 e. The minimum absolute atomic E-state index is 0.166. The molecular weight excluding hydrogens is 278 g/mol. The second-order valence-corrected chi connectivity index (χ2v) is 4.98. The SMILES string of the molecule is CCCC(N)CC(=O)Nc1cc(C(=O)NC)ccc1Cl. The fourth-order valence-electron chi connectivity index (χ4n) is 1.82. The highest BCUT2D eigenvalue weighted by Crippen LogP contribution is 2.23. The maximum Gasteiger partial charge on any atom is 0.251 e. The number of halogens is 1. The van der Waals surface area contributed by atoms with E-state index in [9.17, 15) is 9.59 Å². The monoisotopic (exact) mass is 297 g/mol. The van der Waals surface area contributed by atoms with E-state index in [1.807, 2.05) is 6.92 Å². The van der Waals surface area contributed by atoms with E-state index >= 15 is 0 Å². The highest BCUT2D eigenvalue weighted by Gasteiger charge is 2.12. The van der Waals surface area contributed by atoms with Gasteiger partial charge in [0.25, 0.3) is 5.91 Å². The van der Waals surface area contributed by atoms with Gasteiger partial charge in [-0.3, -0.25) is 9.59 Å². The van der Waals surface area contributed by atoms with E-state index in [1.165, 1.54) is 0 Å². The Bertz CT molecular complexity index is 491. The Morgan fingerprint density at radius 2 is 2.10 bits per heavy atom. The maximum absolute atomic E-state index is 11.9. The van der Waals surface area contributed by atoms with Crippen LogP contribution in [0.2, 0.25) is 5.02 Å². The molecule has 0 bridgehead atoms. The average molecular weight is 298 g/mol. The van der Waals surface area contributed by atoms with E-state index in [2.05, 4.69) is 10.6 Å². The predicted octanol–water partition coefficient (Wildman–Crippen LogP) is 2.16. The highest BCUT2D eigenvalue weighted by atomic mass is 35.5. The molecular formula is C14H20ClN3O2. The van der Waals surface area contributed by atoms with Gasteiger partial charge in [-0.15, -0.1) is 0 Å². The Morgan fingerprint density at radius 3 is 2.70 bits per heavy atom. The Labute approximate surface area is 123 Å². The summed E-state index contributed by atoms with van der Waals surface area (Å²) in [5.74, 6) is -0.443. The summed E-state index contributed by atoms with van der Waals surface area (Å²) in [6, 6.07) is 4.55. The van der Waals surface area contributed by atoms with Crippen LogP contribution in [-0.2, 0) is 4.79 Å². The molecule has 6 heteroatoms. The number of hydrogen-bond acceptors (Lipinski definition) is 3. The zero-order chi connectivity index (χ0) is 15.1. The summed E-state index contributed by atoms with van der Waals surface area (Å²) in [5, 5.41) is 5.59. The molecule has 110 valence electrons. The van der Waals surface area contributed by atoms with E-state index in [1.54, 1.807) is 25.2 Å². The summed E-state index contributed by atoms with van der Waals surface area (Å²) in [7, 11) is 1.54. The molecule has 4 N–H and O–H groups in total. The van der Waals surface area contributed by atoms with Crippen LogP contribution in [0, 0.1) is 0 Å². The van der Waals surface area contributed by atoms with Gasteiger partial charge in [-0.1, -0.05) is 24.9 Å². The lowest BCUT2D eigenvalue weighted by Gasteiger charge is -2.12. The lowest BCUT2D eigenvalue weighted by Crippen LogP contribution is -2.27. The number of nitrogens with two attached hydrogens (primary N) is 1. The van der Waals surface area contributed by atoms with Gasteiger partial charge in [0.05, 0.1) is 10.7 Å².